The molecule has 1 aliphatic rings. The van der Waals surface area contributed by atoms with Crippen LogP contribution in [0.3, 0.4) is 0 Å². The summed E-state index contributed by atoms with van der Waals surface area (Å²) in [7, 11) is 0. The van der Waals surface area contributed by atoms with E-state index >= 15 is 0 Å². The Hall–Kier alpha value is -2.43. The molecule has 3 heterocycles. The first-order chi connectivity index (χ1) is 11.3. The monoisotopic (exact) mass is 325 g/mol. The second kappa shape index (κ2) is 6.23. The van der Waals surface area contributed by atoms with Crippen LogP contribution in [0.5, 0.6) is 0 Å². The molecule has 0 radical (unpaired) electrons. The lowest BCUT2D eigenvalue weighted by Crippen LogP contribution is -2.40. The molecule has 2 aromatic heterocycles. The number of aryl methyl sites for hydroxylation is 1. The number of fused-ring (bicyclic) bond motifs is 1. The number of hydrogen-bond donors (Lipinski definition) is 0. The average molecular weight is 325 g/mol. The molecule has 5 nitrogen and oxygen atoms in total. The highest BCUT2D eigenvalue weighted by Gasteiger charge is 2.26. The van der Waals surface area contributed by atoms with Crippen molar-refractivity contribution in [2.45, 2.75) is 46.3 Å². The summed E-state index contributed by atoms with van der Waals surface area (Å²) >= 11 is 0. The molecule has 0 aliphatic carbocycles. The number of nitrogens with zero attached hydrogens (tertiary/aromatic N) is 3. The highest BCUT2D eigenvalue weighted by molar-refractivity contribution is 5.69. The summed E-state index contributed by atoms with van der Waals surface area (Å²) in [6.45, 7) is 8.78. The molecule has 1 amide bonds. The summed E-state index contributed by atoms with van der Waals surface area (Å²) in [6.07, 6.45) is 4.22. The maximum atomic E-state index is 12.3. The molecule has 126 valence electrons. The molecule has 0 bridgehead atoms. The van der Waals surface area contributed by atoms with Gasteiger partial charge in [-0.3, -0.25) is 9.97 Å². The van der Waals surface area contributed by atoms with Crippen LogP contribution in [0.4, 0.5) is 4.79 Å². The first-order valence-electron chi connectivity index (χ1n) is 8.20. The van der Waals surface area contributed by atoms with Gasteiger partial charge in [-0.25, -0.2) is 4.79 Å². The molecule has 0 fully saturated rings. The van der Waals surface area contributed by atoms with Gasteiger partial charge in [-0.15, -0.1) is 0 Å². The van der Waals surface area contributed by atoms with E-state index in [1.54, 1.807) is 4.90 Å². The number of amides is 1. The van der Waals surface area contributed by atoms with Crippen molar-refractivity contribution < 1.29 is 9.53 Å². The summed E-state index contributed by atoms with van der Waals surface area (Å²) < 4.78 is 5.48. The van der Waals surface area contributed by atoms with Crippen LogP contribution in [0.2, 0.25) is 0 Å². The number of carbonyl (C=O) groups is 1. The minimum absolute atomic E-state index is 0.268. The Morgan fingerprint density at radius 1 is 1.17 bits per heavy atom. The molecule has 0 spiro atoms. The molecule has 0 unspecified atom stereocenters. The summed E-state index contributed by atoms with van der Waals surface area (Å²) in [5.41, 5.74) is 4.69. The van der Waals surface area contributed by atoms with Gasteiger partial charge in [0.15, 0.2) is 0 Å². The van der Waals surface area contributed by atoms with E-state index in [9.17, 15) is 4.79 Å². The van der Waals surface area contributed by atoms with Crippen LogP contribution in [-0.4, -0.2) is 33.1 Å². The van der Waals surface area contributed by atoms with Gasteiger partial charge >= 0.3 is 6.09 Å². The maximum absolute atomic E-state index is 12.3. The number of hydrogen-bond acceptors (Lipinski definition) is 4. The van der Waals surface area contributed by atoms with Crippen molar-refractivity contribution in [2.75, 3.05) is 6.54 Å². The van der Waals surface area contributed by atoms with Crippen LogP contribution in [0.25, 0.3) is 11.1 Å². The van der Waals surface area contributed by atoms with E-state index in [-0.39, 0.29) is 6.09 Å². The van der Waals surface area contributed by atoms with Gasteiger partial charge in [0.2, 0.25) is 0 Å². The van der Waals surface area contributed by atoms with E-state index in [0.29, 0.717) is 13.1 Å². The molecule has 0 atom stereocenters. The van der Waals surface area contributed by atoms with Crippen molar-refractivity contribution in [1.82, 2.24) is 14.9 Å². The number of pyridine rings is 2. The molecule has 24 heavy (non-hydrogen) atoms. The Morgan fingerprint density at radius 3 is 2.58 bits per heavy atom. The van der Waals surface area contributed by atoms with E-state index in [2.05, 4.69) is 16.0 Å². The normalized spacial score (nSPS) is 14.2. The van der Waals surface area contributed by atoms with Crippen LogP contribution in [-0.2, 0) is 17.7 Å². The van der Waals surface area contributed by atoms with Gasteiger partial charge in [-0.1, -0.05) is 6.07 Å². The number of ether oxygens (including phenoxy) is 1. The Labute approximate surface area is 142 Å². The maximum Gasteiger partial charge on any atom is 0.410 e. The fraction of sp³-hybridized carbons (Fsp3) is 0.421. The van der Waals surface area contributed by atoms with Crippen molar-refractivity contribution >= 4 is 6.09 Å². The first kappa shape index (κ1) is 16.4. The smallest absolute Gasteiger partial charge is 0.410 e. The van der Waals surface area contributed by atoms with Crippen molar-refractivity contribution in [2.24, 2.45) is 0 Å². The number of carbonyl (C=O) groups excluding carboxylic acids is 1. The Morgan fingerprint density at radius 2 is 1.92 bits per heavy atom. The number of rotatable bonds is 1. The quantitative estimate of drug-likeness (QED) is 0.801. The summed E-state index contributed by atoms with van der Waals surface area (Å²) in [5, 5.41) is 0. The summed E-state index contributed by atoms with van der Waals surface area (Å²) in [4.78, 5) is 23.0. The van der Waals surface area contributed by atoms with Crippen LogP contribution < -0.4 is 0 Å². The zero-order chi connectivity index (χ0) is 17.3. The van der Waals surface area contributed by atoms with Crippen molar-refractivity contribution in [1.29, 1.82) is 0 Å². The van der Waals surface area contributed by atoms with Gasteiger partial charge in [0.05, 0.1) is 6.54 Å². The SMILES string of the molecule is Cc1ccc(-c2cnc3c(c2)CN(C(=O)OC(C)(C)C)CC3)cn1. The largest absolute Gasteiger partial charge is 0.444 e. The van der Waals surface area contributed by atoms with Gasteiger partial charge in [0.25, 0.3) is 0 Å². The van der Waals surface area contributed by atoms with Crippen LogP contribution in [0.15, 0.2) is 30.6 Å². The molecule has 1 aliphatic heterocycles. The van der Waals surface area contributed by atoms with Gasteiger partial charge in [-0.05, 0) is 45.4 Å². The molecular formula is C19H23N3O2. The second-order valence-electron chi connectivity index (χ2n) is 7.17. The highest BCUT2D eigenvalue weighted by Crippen LogP contribution is 2.25. The lowest BCUT2D eigenvalue weighted by atomic mass is 10.0. The minimum atomic E-state index is -0.481. The molecule has 0 saturated heterocycles. The molecule has 0 aromatic carbocycles. The Kier molecular flexibility index (Phi) is 4.26. The lowest BCUT2D eigenvalue weighted by molar-refractivity contribution is 0.0223. The predicted octanol–water partition coefficient (Wildman–Crippen LogP) is 3.75. The molecule has 3 rings (SSSR count). The fourth-order valence-corrected chi connectivity index (χ4v) is 2.70. The van der Waals surface area contributed by atoms with Crippen molar-refractivity contribution in [3.05, 3.63) is 47.5 Å². The van der Waals surface area contributed by atoms with Gasteiger partial charge in [-0.2, -0.15) is 0 Å². The topological polar surface area (TPSA) is 55.3 Å². The minimum Gasteiger partial charge on any atom is -0.444 e. The molecule has 0 N–H and O–H groups in total. The third-order valence-corrected chi connectivity index (χ3v) is 3.94. The Bertz CT molecular complexity index is 748. The number of aromatic nitrogens is 2. The van der Waals surface area contributed by atoms with E-state index in [1.165, 1.54) is 0 Å². The summed E-state index contributed by atoms with van der Waals surface area (Å²) in [5.74, 6) is 0. The van der Waals surface area contributed by atoms with Crippen LogP contribution in [0, 0.1) is 6.92 Å². The summed E-state index contributed by atoms with van der Waals surface area (Å²) in [6, 6.07) is 6.13. The van der Waals surface area contributed by atoms with Crippen molar-refractivity contribution in [3.63, 3.8) is 0 Å². The van der Waals surface area contributed by atoms with E-state index in [4.69, 9.17) is 4.74 Å². The second-order valence-corrected chi connectivity index (χ2v) is 7.17. The van der Waals surface area contributed by atoms with Crippen molar-refractivity contribution in [3.8, 4) is 11.1 Å². The standard InChI is InChI=1S/C19H23N3O2/c1-13-5-6-14(10-20-13)15-9-16-12-22(8-7-17(16)21-11-15)18(23)24-19(2,3)4/h5-6,9-11H,7-8,12H2,1-4H3. The highest BCUT2D eigenvalue weighted by atomic mass is 16.6. The van der Waals surface area contributed by atoms with Crippen LogP contribution in [0.1, 0.15) is 37.7 Å². The van der Waals surface area contributed by atoms with E-state index < -0.39 is 5.60 Å². The third-order valence-electron chi connectivity index (χ3n) is 3.94. The van der Waals surface area contributed by atoms with E-state index in [0.717, 1.165) is 34.5 Å². The predicted molar refractivity (Wildman–Crippen MR) is 92.6 cm³/mol. The third kappa shape index (κ3) is 3.72. The van der Waals surface area contributed by atoms with Crippen LogP contribution >= 0.6 is 0 Å². The molecule has 0 saturated carbocycles. The van der Waals surface area contributed by atoms with Gasteiger partial charge in [0, 0.05) is 47.9 Å². The zero-order valence-electron chi connectivity index (χ0n) is 14.7. The van der Waals surface area contributed by atoms with Gasteiger partial charge < -0.3 is 9.64 Å². The van der Waals surface area contributed by atoms with E-state index in [1.807, 2.05) is 52.2 Å². The molecule has 2 aromatic rings. The average Bonchev–Trinajstić information content (AvgIpc) is 2.53. The fourth-order valence-electron chi connectivity index (χ4n) is 2.70. The van der Waals surface area contributed by atoms with Gasteiger partial charge in [0.1, 0.15) is 5.60 Å². The lowest BCUT2D eigenvalue weighted by Gasteiger charge is -2.31. The molecule has 5 heteroatoms. The molecular weight excluding hydrogens is 302 g/mol. The Balaban J connectivity index is 1.81. The zero-order valence-corrected chi connectivity index (χ0v) is 14.7. The first-order valence-corrected chi connectivity index (χ1v) is 8.20.